The minimum absolute atomic E-state index is 0.00844. The van der Waals surface area contributed by atoms with Gasteiger partial charge in [-0.3, -0.25) is 9.59 Å². The molecule has 0 aliphatic rings. The summed E-state index contributed by atoms with van der Waals surface area (Å²) < 4.78 is 15.7. The van der Waals surface area contributed by atoms with Crippen molar-refractivity contribution in [3.8, 4) is 0 Å². The Labute approximate surface area is 158 Å². The van der Waals surface area contributed by atoms with Crippen molar-refractivity contribution in [2.24, 2.45) is 0 Å². The van der Waals surface area contributed by atoms with Crippen molar-refractivity contribution in [3.05, 3.63) is 54.1 Å². The highest BCUT2D eigenvalue weighted by molar-refractivity contribution is 5.86. The smallest absolute Gasteiger partial charge is 0.333 e. The molecular weight excluding hydrogens is 352 g/mol. The quantitative estimate of drug-likeness (QED) is 0.442. The average molecular weight is 376 g/mol. The van der Waals surface area contributed by atoms with E-state index in [-0.39, 0.29) is 38.2 Å². The number of aliphatic carboxylic acids is 1. The van der Waals surface area contributed by atoms with Gasteiger partial charge in [0.2, 0.25) is 0 Å². The fourth-order valence-electron chi connectivity index (χ4n) is 1.92. The summed E-state index contributed by atoms with van der Waals surface area (Å²) >= 11 is 0. The first-order valence-corrected chi connectivity index (χ1v) is 8.34. The molecule has 0 heterocycles. The van der Waals surface area contributed by atoms with Gasteiger partial charge in [0.1, 0.15) is 6.61 Å². The summed E-state index contributed by atoms with van der Waals surface area (Å²) in [7, 11) is 0. The highest BCUT2D eigenvalue weighted by atomic mass is 16.6. The van der Waals surface area contributed by atoms with Crippen molar-refractivity contribution in [1.82, 2.24) is 0 Å². The lowest BCUT2D eigenvalue weighted by Crippen LogP contribution is -2.30. The maximum absolute atomic E-state index is 11.7. The molecule has 0 saturated heterocycles. The van der Waals surface area contributed by atoms with E-state index in [1.807, 2.05) is 24.3 Å². The summed E-state index contributed by atoms with van der Waals surface area (Å²) in [6.45, 7) is 8.71. The van der Waals surface area contributed by atoms with Gasteiger partial charge in [0.05, 0.1) is 26.1 Å². The highest BCUT2D eigenvalue weighted by Crippen LogP contribution is 2.08. The number of ether oxygens (including phenoxy) is 3. The summed E-state index contributed by atoms with van der Waals surface area (Å²) in [6.07, 6.45) is 0.270. The van der Waals surface area contributed by atoms with E-state index >= 15 is 0 Å². The number of hydrogen-bond acceptors (Lipinski definition) is 6. The predicted molar refractivity (Wildman–Crippen MR) is 98.7 cm³/mol. The first-order valence-electron chi connectivity index (χ1n) is 8.34. The zero-order valence-corrected chi connectivity index (χ0v) is 15.3. The molecule has 1 aromatic rings. The van der Waals surface area contributed by atoms with Crippen LogP contribution in [0.1, 0.15) is 30.9 Å². The number of carboxylic acid groups (broad SMARTS) is 1. The molecule has 1 rings (SSSR count). The Morgan fingerprint density at radius 3 is 2.37 bits per heavy atom. The van der Waals surface area contributed by atoms with Crippen molar-refractivity contribution >= 4 is 24.0 Å². The van der Waals surface area contributed by atoms with Crippen LogP contribution in [0.5, 0.6) is 0 Å². The molecule has 1 N–H and O–H groups in total. The van der Waals surface area contributed by atoms with Crippen LogP contribution in [0.25, 0.3) is 6.08 Å². The Hall–Kier alpha value is -2.93. The largest absolute Gasteiger partial charge is 0.481 e. The van der Waals surface area contributed by atoms with E-state index < -0.39 is 24.0 Å². The topological polar surface area (TPSA) is 99.1 Å². The second-order valence-corrected chi connectivity index (χ2v) is 5.85. The third kappa shape index (κ3) is 9.37. The molecule has 27 heavy (non-hydrogen) atoms. The van der Waals surface area contributed by atoms with E-state index in [1.54, 1.807) is 6.08 Å². The van der Waals surface area contributed by atoms with Crippen LogP contribution in [0.2, 0.25) is 0 Å². The summed E-state index contributed by atoms with van der Waals surface area (Å²) in [5, 5.41) is 8.62. The van der Waals surface area contributed by atoms with Gasteiger partial charge in [-0.15, -0.1) is 0 Å². The predicted octanol–water partition coefficient (Wildman–Crippen LogP) is 2.74. The lowest BCUT2D eigenvalue weighted by Gasteiger charge is -2.18. The number of rotatable bonds is 12. The van der Waals surface area contributed by atoms with Gasteiger partial charge in [-0.05, 0) is 18.1 Å². The zero-order valence-electron chi connectivity index (χ0n) is 15.3. The van der Waals surface area contributed by atoms with Crippen LogP contribution in [-0.2, 0) is 35.2 Å². The molecule has 0 fully saturated rings. The number of hydrogen-bond donors (Lipinski definition) is 1. The normalized spacial score (nSPS) is 11.3. The van der Waals surface area contributed by atoms with Gasteiger partial charge >= 0.3 is 17.9 Å². The molecule has 7 heteroatoms. The lowest BCUT2D eigenvalue weighted by molar-refractivity contribution is -0.162. The van der Waals surface area contributed by atoms with E-state index in [0.717, 1.165) is 11.1 Å². The molecular formula is C20H24O7. The van der Waals surface area contributed by atoms with Gasteiger partial charge in [-0.2, -0.15) is 0 Å². The number of esters is 2. The number of benzene rings is 1. The monoisotopic (exact) mass is 376 g/mol. The molecule has 1 unspecified atom stereocenters. The minimum Gasteiger partial charge on any atom is -0.481 e. The van der Waals surface area contributed by atoms with Crippen molar-refractivity contribution in [1.29, 1.82) is 0 Å². The van der Waals surface area contributed by atoms with Crippen LogP contribution in [0.3, 0.4) is 0 Å². The van der Waals surface area contributed by atoms with E-state index in [2.05, 4.69) is 13.2 Å². The Bertz CT molecular complexity index is 676. The Morgan fingerprint density at radius 2 is 1.81 bits per heavy atom. The standard InChI is InChI=1S/C20H24O7/c1-4-15-5-7-16(8-6-15)11-25-12-17(13-26-20(24)14(2)3)27-19(23)10-9-18(21)22/h4-8,17H,1-2,9-13H2,3H3,(H,21,22). The molecule has 0 spiro atoms. The molecule has 0 amide bonds. The van der Waals surface area contributed by atoms with Gasteiger partial charge in [0.25, 0.3) is 0 Å². The summed E-state index contributed by atoms with van der Waals surface area (Å²) in [5.74, 6) is -2.41. The van der Waals surface area contributed by atoms with Crippen LogP contribution in [0, 0.1) is 0 Å². The maximum Gasteiger partial charge on any atom is 0.333 e. The van der Waals surface area contributed by atoms with Gasteiger partial charge in [0, 0.05) is 5.57 Å². The van der Waals surface area contributed by atoms with Crippen molar-refractivity contribution in [3.63, 3.8) is 0 Å². The molecule has 1 aromatic carbocycles. The van der Waals surface area contributed by atoms with E-state index in [1.165, 1.54) is 6.92 Å². The molecule has 0 aliphatic heterocycles. The Kier molecular flexibility index (Phi) is 9.53. The Morgan fingerprint density at radius 1 is 1.15 bits per heavy atom. The first-order chi connectivity index (χ1) is 12.8. The first kappa shape index (κ1) is 22.1. The van der Waals surface area contributed by atoms with E-state index in [0.29, 0.717) is 0 Å². The number of carbonyl (C=O) groups is 3. The average Bonchev–Trinajstić information content (AvgIpc) is 2.64. The van der Waals surface area contributed by atoms with E-state index in [4.69, 9.17) is 19.3 Å². The molecule has 0 aliphatic carbocycles. The molecule has 7 nitrogen and oxygen atoms in total. The second kappa shape index (κ2) is 11.6. The molecule has 146 valence electrons. The summed E-state index contributed by atoms with van der Waals surface area (Å²) in [6, 6.07) is 7.55. The second-order valence-electron chi connectivity index (χ2n) is 5.85. The molecule has 0 aromatic heterocycles. The highest BCUT2D eigenvalue weighted by Gasteiger charge is 2.18. The molecule has 1 atom stereocenters. The fourth-order valence-corrected chi connectivity index (χ4v) is 1.92. The van der Waals surface area contributed by atoms with Crippen LogP contribution < -0.4 is 0 Å². The zero-order chi connectivity index (χ0) is 20.2. The van der Waals surface area contributed by atoms with Gasteiger partial charge in [0.15, 0.2) is 6.10 Å². The molecule has 0 radical (unpaired) electrons. The van der Waals surface area contributed by atoms with Crippen LogP contribution in [0.15, 0.2) is 43.0 Å². The molecule has 0 bridgehead atoms. The molecule has 0 saturated carbocycles. The van der Waals surface area contributed by atoms with Gasteiger partial charge < -0.3 is 19.3 Å². The van der Waals surface area contributed by atoms with Crippen molar-refractivity contribution < 1.29 is 33.7 Å². The Balaban J connectivity index is 2.55. The SMILES string of the molecule is C=Cc1ccc(COCC(COC(=O)C(=C)C)OC(=O)CCC(=O)O)cc1. The maximum atomic E-state index is 11.7. The fraction of sp³-hybridized carbons (Fsp3) is 0.350. The van der Waals surface area contributed by atoms with Crippen molar-refractivity contribution in [2.75, 3.05) is 13.2 Å². The summed E-state index contributed by atoms with van der Waals surface area (Å²) in [5.41, 5.74) is 2.11. The number of carbonyl (C=O) groups excluding carboxylic acids is 2. The third-order valence-corrected chi connectivity index (χ3v) is 3.38. The van der Waals surface area contributed by atoms with E-state index in [9.17, 15) is 14.4 Å². The van der Waals surface area contributed by atoms with Gasteiger partial charge in [-0.25, -0.2) is 4.79 Å². The summed E-state index contributed by atoms with van der Waals surface area (Å²) in [4.78, 5) is 33.8. The third-order valence-electron chi connectivity index (χ3n) is 3.38. The van der Waals surface area contributed by atoms with Crippen molar-refractivity contribution in [2.45, 2.75) is 32.5 Å². The van der Waals surface area contributed by atoms with Gasteiger partial charge in [-0.1, -0.05) is 43.5 Å². The minimum atomic E-state index is -1.10. The lowest BCUT2D eigenvalue weighted by atomic mass is 10.1. The van der Waals surface area contributed by atoms with Crippen LogP contribution in [0.4, 0.5) is 0 Å². The van der Waals surface area contributed by atoms with Crippen LogP contribution >= 0.6 is 0 Å². The van der Waals surface area contributed by atoms with Crippen LogP contribution in [-0.4, -0.2) is 42.3 Å². The number of carboxylic acids is 1.